The van der Waals surface area contributed by atoms with Crippen LogP contribution in [0.3, 0.4) is 0 Å². The lowest BCUT2D eigenvalue weighted by molar-refractivity contribution is 0.341. The van der Waals surface area contributed by atoms with Gasteiger partial charge >= 0.3 is 0 Å². The standard InChI is InChI=1S/C14H23N3/c1-9(2)13-14(11-4-3-5-11)17-12(16-13)6-10-7-15-8-10/h9-11,15H,3-8H2,1-2H3,(H,16,17). The van der Waals surface area contributed by atoms with Crippen LogP contribution in [0, 0.1) is 5.92 Å². The molecule has 2 N–H and O–H groups in total. The summed E-state index contributed by atoms with van der Waals surface area (Å²) in [5.74, 6) is 3.35. The molecular formula is C14H23N3. The zero-order valence-corrected chi connectivity index (χ0v) is 10.9. The van der Waals surface area contributed by atoms with Crippen molar-refractivity contribution < 1.29 is 0 Å². The molecule has 1 aliphatic heterocycles. The van der Waals surface area contributed by atoms with Crippen molar-refractivity contribution in [3.8, 4) is 0 Å². The fourth-order valence-electron chi connectivity index (χ4n) is 2.76. The molecule has 1 aromatic heterocycles. The van der Waals surface area contributed by atoms with Crippen molar-refractivity contribution in [2.24, 2.45) is 5.92 Å². The first-order chi connectivity index (χ1) is 8.24. The van der Waals surface area contributed by atoms with Crippen molar-refractivity contribution in [2.75, 3.05) is 13.1 Å². The van der Waals surface area contributed by atoms with Crippen molar-refractivity contribution in [1.29, 1.82) is 0 Å². The van der Waals surface area contributed by atoms with Crippen molar-refractivity contribution in [1.82, 2.24) is 15.3 Å². The molecule has 0 unspecified atom stereocenters. The Morgan fingerprint density at radius 2 is 2.06 bits per heavy atom. The highest BCUT2D eigenvalue weighted by atomic mass is 15.0. The van der Waals surface area contributed by atoms with Crippen LogP contribution in [-0.2, 0) is 6.42 Å². The molecule has 94 valence electrons. The smallest absolute Gasteiger partial charge is 0.106 e. The van der Waals surface area contributed by atoms with Gasteiger partial charge in [-0.2, -0.15) is 0 Å². The van der Waals surface area contributed by atoms with Gasteiger partial charge in [0.2, 0.25) is 0 Å². The van der Waals surface area contributed by atoms with E-state index in [1.165, 1.54) is 36.5 Å². The van der Waals surface area contributed by atoms with E-state index >= 15 is 0 Å². The molecule has 2 fully saturated rings. The molecule has 3 rings (SSSR count). The van der Waals surface area contributed by atoms with Crippen molar-refractivity contribution in [3.05, 3.63) is 17.2 Å². The third kappa shape index (κ3) is 2.13. The number of rotatable bonds is 4. The first-order valence-electron chi connectivity index (χ1n) is 7.03. The van der Waals surface area contributed by atoms with Crippen molar-refractivity contribution >= 4 is 0 Å². The summed E-state index contributed by atoms with van der Waals surface area (Å²) in [7, 11) is 0. The van der Waals surface area contributed by atoms with Gasteiger partial charge in [0.1, 0.15) is 5.82 Å². The van der Waals surface area contributed by atoms with Crippen molar-refractivity contribution in [3.63, 3.8) is 0 Å². The van der Waals surface area contributed by atoms with E-state index in [2.05, 4.69) is 24.1 Å². The molecule has 0 bridgehead atoms. The van der Waals surface area contributed by atoms with Crippen LogP contribution in [0.1, 0.15) is 62.2 Å². The van der Waals surface area contributed by atoms with Gasteiger partial charge in [0.05, 0.1) is 5.69 Å². The Morgan fingerprint density at radius 1 is 1.29 bits per heavy atom. The van der Waals surface area contributed by atoms with Gasteiger partial charge in [0.15, 0.2) is 0 Å². The Morgan fingerprint density at radius 3 is 2.53 bits per heavy atom. The van der Waals surface area contributed by atoms with Crippen LogP contribution >= 0.6 is 0 Å². The van der Waals surface area contributed by atoms with E-state index in [-0.39, 0.29) is 0 Å². The fourth-order valence-corrected chi connectivity index (χ4v) is 2.76. The minimum Gasteiger partial charge on any atom is -0.345 e. The van der Waals surface area contributed by atoms with Crippen LogP contribution in [0.25, 0.3) is 0 Å². The van der Waals surface area contributed by atoms with Gasteiger partial charge in [0.25, 0.3) is 0 Å². The largest absolute Gasteiger partial charge is 0.345 e. The van der Waals surface area contributed by atoms with Crippen LogP contribution in [-0.4, -0.2) is 23.1 Å². The van der Waals surface area contributed by atoms with Crippen LogP contribution in [0.5, 0.6) is 0 Å². The quantitative estimate of drug-likeness (QED) is 0.839. The highest BCUT2D eigenvalue weighted by Crippen LogP contribution is 2.38. The summed E-state index contributed by atoms with van der Waals surface area (Å²) in [5, 5.41) is 3.33. The molecule has 0 atom stereocenters. The lowest BCUT2D eigenvalue weighted by atomic mass is 9.81. The summed E-state index contributed by atoms with van der Waals surface area (Å²) in [6, 6.07) is 0. The molecule has 3 heteroatoms. The third-order valence-corrected chi connectivity index (χ3v) is 4.22. The number of aromatic nitrogens is 2. The van der Waals surface area contributed by atoms with Gasteiger partial charge in [-0.25, -0.2) is 4.98 Å². The Kier molecular flexibility index (Phi) is 2.95. The summed E-state index contributed by atoms with van der Waals surface area (Å²) in [6.45, 7) is 6.84. The van der Waals surface area contributed by atoms with Gasteiger partial charge in [0, 0.05) is 18.0 Å². The van der Waals surface area contributed by atoms with Gasteiger partial charge in [-0.3, -0.25) is 0 Å². The van der Waals surface area contributed by atoms with E-state index in [9.17, 15) is 0 Å². The molecule has 2 aliphatic rings. The Bertz CT molecular complexity index is 386. The average molecular weight is 233 g/mol. The SMILES string of the molecule is CC(C)c1nc(CC2CNC2)[nH]c1C1CCC1. The van der Waals surface area contributed by atoms with Gasteiger partial charge < -0.3 is 10.3 Å². The number of imidazole rings is 1. The number of hydrogen-bond donors (Lipinski definition) is 2. The molecule has 0 amide bonds. The first-order valence-corrected chi connectivity index (χ1v) is 7.03. The summed E-state index contributed by atoms with van der Waals surface area (Å²) in [5.41, 5.74) is 2.78. The maximum Gasteiger partial charge on any atom is 0.106 e. The molecule has 0 spiro atoms. The van der Waals surface area contributed by atoms with Gasteiger partial charge in [-0.1, -0.05) is 20.3 Å². The molecule has 1 saturated carbocycles. The van der Waals surface area contributed by atoms with E-state index in [0.717, 1.165) is 31.3 Å². The lowest BCUT2D eigenvalue weighted by Crippen LogP contribution is -2.43. The summed E-state index contributed by atoms with van der Waals surface area (Å²) >= 11 is 0. The van der Waals surface area contributed by atoms with E-state index < -0.39 is 0 Å². The number of hydrogen-bond acceptors (Lipinski definition) is 2. The molecule has 0 radical (unpaired) electrons. The highest BCUT2D eigenvalue weighted by molar-refractivity contribution is 5.24. The van der Waals surface area contributed by atoms with Crippen LogP contribution in [0.2, 0.25) is 0 Å². The fraction of sp³-hybridized carbons (Fsp3) is 0.786. The lowest BCUT2D eigenvalue weighted by Gasteiger charge is -2.26. The molecule has 0 aromatic carbocycles. The molecule has 17 heavy (non-hydrogen) atoms. The first kappa shape index (κ1) is 11.3. The summed E-state index contributed by atoms with van der Waals surface area (Å²) in [6.07, 6.45) is 5.22. The summed E-state index contributed by atoms with van der Waals surface area (Å²) in [4.78, 5) is 8.48. The molecule has 2 heterocycles. The van der Waals surface area contributed by atoms with Crippen LogP contribution < -0.4 is 5.32 Å². The topological polar surface area (TPSA) is 40.7 Å². The second-order valence-corrected chi connectivity index (χ2v) is 5.99. The number of aromatic amines is 1. The minimum atomic E-state index is 0.551. The summed E-state index contributed by atoms with van der Waals surface area (Å²) < 4.78 is 0. The van der Waals surface area contributed by atoms with E-state index in [1.807, 2.05) is 0 Å². The van der Waals surface area contributed by atoms with Crippen LogP contribution in [0.4, 0.5) is 0 Å². The maximum absolute atomic E-state index is 4.85. The van der Waals surface area contributed by atoms with E-state index in [0.29, 0.717) is 5.92 Å². The predicted molar refractivity (Wildman–Crippen MR) is 69.3 cm³/mol. The molecule has 1 aromatic rings. The monoisotopic (exact) mass is 233 g/mol. The van der Waals surface area contributed by atoms with E-state index in [4.69, 9.17) is 4.98 Å². The number of H-pyrrole nitrogens is 1. The van der Waals surface area contributed by atoms with Gasteiger partial charge in [-0.05, 0) is 37.8 Å². The zero-order chi connectivity index (χ0) is 11.8. The molecule has 1 saturated heterocycles. The molecular weight excluding hydrogens is 210 g/mol. The van der Waals surface area contributed by atoms with E-state index in [1.54, 1.807) is 0 Å². The molecule has 1 aliphatic carbocycles. The third-order valence-electron chi connectivity index (χ3n) is 4.22. The second-order valence-electron chi connectivity index (χ2n) is 5.99. The van der Waals surface area contributed by atoms with Gasteiger partial charge in [-0.15, -0.1) is 0 Å². The second kappa shape index (κ2) is 4.45. The highest BCUT2D eigenvalue weighted by Gasteiger charge is 2.27. The predicted octanol–water partition coefficient (Wildman–Crippen LogP) is 2.56. The average Bonchev–Trinajstić information content (AvgIpc) is 2.53. The Balaban J connectivity index is 1.79. The minimum absolute atomic E-state index is 0.551. The number of nitrogens with zero attached hydrogens (tertiary/aromatic N) is 1. The Hall–Kier alpha value is -0.830. The van der Waals surface area contributed by atoms with Crippen LogP contribution in [0.15, 0.2) is 0 Å². The normalized spacial score (nSPS) is 21.6. The number of nitrogens with one attached hydrogen (secondary N) is 2. The maximum atomic E-state index is 4.85. The molecule has 3 nitrogen and oxygen atoms in total. The Labute approximate surface area is 103 Å². The van der Waals surface area contributed by atoms with Crippen molar-refractivity contribution in [2.45, 2.75) is 51.4 Å². The zero-order valence-electron chi connectivity index (χ0n) is 10.9.